The maximum Gasteiger partial charge on any atom is 0.258 e. The van der Waals surface area contributed by atoms with Gasteiger partial charge >= 0.3 is 0 Å². The maximum atomic E-state index is 12.7. The summed E-state index contributed by atoms with van der Waals surface area (Å²) in [7, 11) is 5.07. The van der Waals surface area contributed by atoms with Crippen molar-refractivity contribution in [2.75, 3.05) is 20.8 Å². The summed E-state index contributed by atoms with van der Waals surface area (Å²) in [6.07, 6.45) is 6.08. The van der Waals surface area contributed by atoms with Gasteiger partial charge in [0.05, 0.1) is 14.2 Å². The molecular weight excluding hydrogens is 394 g/mol. The van der Waals surface area contributed by atoms with E-state index in [9.17, 15) is 4.79 Å². The molecule has 7 heteroatoms. The van der Waals surface area contributed by atoms with Gasteiger partial charge in [-0.2, -0.15) is 0 Å². The van der Waals surface area contributed by atoms with Gasteiger partial charge in [-0.3, -0.25) is 4.79 Å². The van der Waals surface area contributed by atoms with E-state index in [1.54, 1.807) is 26.5 Å². The number of rotatable bonds is 10. The SMILES string of the molecule is C=CCc1ccc(OCC(=O)NC(c2ccc(OC)cc2)c2nccn2C)c(OC)c1. The molecule has 0 aliphatic carbocycles. The zero-order chi connectivity index (χ0) is 22.2. The lowest BCUT2D eigenvalue weighted by Gasteiger charge is -2.20. The van der Waals surface area contributed by atoms with Crippen molar-refractivity contribution in [1.82, 2.24) is 14.9 Å². The summed E-state index contributed by atoms with van der Waals surface area (Å²) in [6.45, 7) is 3.59. The van der Waals surface area contributed by atoms with E-state index in [0.717, 1.165) is 23.3 Å². The summed E-state index contributed by atoms with van der Waals surface area (Å²) in [6, 6.07) is 12.7. The standard InChI is InChI=1S/C24H27N3O4/c1-5-6-17-7-12-20(21(15-17)30-4)31-16-22(28)26-23(24-25-13-14-27(24)2)18-8-10-19(29-3)11-9-18/h5,7-15,23H,1,6,16H2,2-4H3,(H,26,28). The molecule has 0 radical (unpaired) electrons. The number of ether oxygens (including phenoxy) is 3. The van der Waals surface area contributed by atoms with Crippen molar-refractivity contribution in [1.29, 1.82) is 0 Å². The topological polar surface area (TPSA) is 74.6 Å². The Balaban J connectivity index is 1.73. The van der Waals surface area contributed by atoms with Crippen molar-refractivity contribution in [3.8, 4) is 17.2 Å². The van der Waals surface area contributed by atoms with Crippen LogP contribution in [0.15, 0.2) is 67.5 Å². The van der Waals surface area contributed by atoms with Crippen LogP contribution in [0.3, 0.4) is 0 Å². The van der Waals surface area contributed by atoms with Crippen LogP contribution in [0.5, 0.6) is 17.2 Å². The Morgan fingerprint density at radius 3 is 2.55 bits per heavy atom. The average molecular weight is 421 g/mol. The number of amides is 1. The van der Waals surface area contributed by atoms with E-state index in [0.29, 0.717) is 17.3 Å². The molecule has 1 atom stereocenters. The fourth-order valence-corrected chi connectivity index (χ4v) is 3.22. The van der Waals surface area contributed by atoms with Crippen molar-refractivity contribution in [3.63, 3.8) is 0 Å². The molecule has 0 saturated heterocycles. The summed E-state index contributed by atoms with van der Waals surface area (Å²) < 4.78 is 18.2. The molecule has 0 saturated carbocycles. The van der Waals surface area contributed by atoms with E-state index >= 15 is 0 Å². The normalized spacial score (nSPS) is 11.5. The minimum Gasteiger partial charge on any atom is -0.497 e. The molecule has 1 amide bonds. The van der Waals surface area contributed by atoms with E-state index < -0.39 is 6.04 Å². The maximum absolute atomic E-state index is 12.7. The van der Waals surface area contributed by atoms with E-state index in [1.165, 1.54) is 0 Å². The Kier molecular flexibility index (Phi) is 7.32. The predicted octanol–water partition coefficient (Wildman–Crippen LogP) is 3.45. The lowest BCUT2D eigenvalue weighted by molar-refractivity contribution is -0.123. The number of carbonyl (C=O) groups excluding carboxylic acids is 1. The molecule has 31 heavy (non-hydrogen) atoms. The van der Waals surface area contributed by atoms with Gasteiger partial charge in [-0.05, 0) is 41.8 Å². The number of hydrogen-bond donors (Lipinski definition) is 1. The number of benzene rings is 2. The number of hydrogen-bond acceptors (Lipinski definition) is 5. The second kappa shape index (κ2) is 10.3. The first-order valence-electron chi connectivity index (χ1n) is 9.86. The molecule has 3 rings (SSSR count). The van der Waals surface area contributed by atoms with Crippen LogP contribution in [0.4, 0.5) is 0 Å². The summed E-state index contributed by atoms with van der Waals surface area (Å²) in [5.41, 5.74) is 1.94. The van der Waals surface area contributed by atoms with Crippen LogP contribution in [0.1, 0.15) is 23.0 Å². The van der Waals surface area contributed by atoms with Crippen LogP contribution < -0.4 is 19.5 Å². The number of nitrogens with zero attached hydrogens (tertiary/aromatic N) is 2. The smallest absolute Gasteiger partial charge is 0.258 e. The molecule has 2 aromatic carbocycles. The van der Waals surface area contributed by atoms with E-state index in [4.69, 9.17) is 14.2 Å². The molecule has 0 bridgehead atoms. The van der Waals surface area contributed by atoms with Crippen LogP contribution in [0.25, 0.3) is 0 Å². The lowest BCUT2D eigenvalue weighted by atomic mass is 10.1. The van der Waals surface area contributed by atoms with Crippen LogP contribution in [-0.2, 0) is 18.3 Å². The van der Waals surface area contributed by atoms with Crippen LogP contribution in [-0.4, -0.2) is 36.3 Å². The largest absolute Gasteiger partial charge is 0.497 e. The molecule has 1 heterocycles. The second-order valence-corrected chi connectivity index (χ2v) is 6.94. The fourth-order valence-electron chi connectivity index (χ4n) is 3.22. The first-order valence-corrected chi connectivity index (χ1v) is 9.86. The molecule has 3 aromatic rings. The first-order chi connectivity index (χ1) is 15.0. The van der Waals surface area contributed by atoms with Gasteiger partial charge in [-0.25, -0.2) is 4.98 Å². The molecule has 0 spiro atoms. The highest BCUT2D eigenvalue weighted by Crippen LogP contribution is 2.28. The number of methoxy groups -OCH3 is 2. The molecule has 1 aromatic heterocycles. The lowest BCUT2D eigenvalue weighted by Crippen LogP contribution is -2.34. The summed E-state index contributed by atoms with van der Waals surface area (Å²) in [4.78, 5) is 17.2. The number of allylic oxidation sites excluding steroid dienone is 1. The highest BCUT2D eigenvalue weighted by atomic mass is 16.5. The van der Waals surface area contributed by atoms with Gasteiger partial charge in [-0.15, -0.1) is 6.58 Å². The van der Waals surface area contributed by atoms with E-state index in [1.807, 2.05) is 60.3 Å². The average Bonchev–Trinajstić information content (AvgIpc) is 3.22. The number of nitrogens with one attached hydrogen (secondary N) is 1. The summed E-state index contributed by atoms with van der Waals surface area (Å²) >= 11 is 0. The number of carbonyl (C=O) groups is 1. The Labute approximate surface area is 182 Å². The van der Waals surface area contributed by atoms with Crippen LogP contribution >= 0.6 is 0 Å². The Bertz CT molecular complexity index is 1030. The molecule has 7 nitrogen and oxygen atoms in total. The highest BCUT2D eigenvalue weighted by molar-refractivity contribution is 5.78. The molecule has 0 aliphatic heterocycles. The zero-order valence-electron chi connectivity index (χ0n) is 18.0. The quantitative estimate of drug-likeness (QED) is 0.508. The molecule has 162 valence electrons. The van der Waals surface area contributed by atoms with Gasteiger partial charge < -0.3 is 24.1 Å². The van der Waals surface area contributed by atoms with Gasteiger partial charge in [0.1, 0.15) is 17.6 Å². The Hall–Kier alpha value is -3.74. The molecule has 1 unspecified atom stereocenters. The third kappa shape index (κ3) is 5.45. The molecule has 0 fully saturated rings. The fraction of sp³-hybridized carbons (Fsp3) is 0.250. The summed E-state index contributed by atoms with van der Waals surface area (Å²) in [5.74, 6) is 2.25. The molecular formula is C24H27N3O4. The number of aryl methyl sites for hydroxylation is 1. The third-order valence-corrected chi connectivity index (χ3v) is 4.84. The van der Waals surface area contributed by atoms with Crippen molar-refractivity contribution >= 4 is 5.91 Å². The van der Waals surface area contributed by atoms with Crippen molar-refractivity contribution < 1.29 is 19.0 Å². The highest BCUT2D eigenvalue weighted by Gasteiger charge is 2.21. The minimum absolute atomic E-state index is 0.158. The Morgan fingerprint density at radius 2 is 1.94 bits per heavy atom. The first kappa shape index (κ1) is 22.0. The van der Waals surface area contributed by atoms with Crippen LogP contribution in [0, 0.1) is 0 Å². The third-order valence-electron chi connectivity index (χ3n) is 4.84. The zero-order valence-corrected chi connectivity index (χ0v) is 18.0. The van der Waals surface area contributed by atoms with Crippen molar-refractivity contribution in [2.24, 2.45) is 7.05 Å². The van der Waals surface area contributed by atoms with Gasteiger partial charge in [0.15, 0.2) is 18.1 Å². The molecule has 0 aliphatic rings. The minimum atomic E-state index is -0.432. The number of imidazole rings is 1. The van der Waals surface area contributed by atoms with Crippen molar-refractivity contribution in [3.05, 3.63) is 84.5 Å². The summed E-state index contributed by atoms with van der Waals surface area (Å²) in [5, 5.41) is 3.01. The number of aromatic nitrogens is 2. The monoisotopic (exact) mass is 421 g/mol. The van der Waals surface area contributed by atoms with Gasteiger partial charge in [0.2, 0.25) is 0 Å². The van der Waals surface area contributed by atoms with Crippen molar-refractivity contribution in [2.45, 2.75) is 12.5 Å². The van der Waals surface area contributed by atoms with E-state index in [2.05, 4.69) is 16.9 Å². The Morgan fingerprint density at radius 1 is 1.16 bits per heavy atom. The molecule has 1 N–H and O–H groups in total. The van der Waals surface area contributed by atoms with Gasteiger partial charge in [0, 0.05) is 19.4 Å². The predicted molar refractivity (Wildman–Crippen MR) is 119 cm³/mol. The van der Waals surface area contributed by atoms with Crippen LogP contribution in [0.2, 0.25) is 0 Å². The van der Waals surface area contributed by atoms with E-state index in [-0.39, 0.29) is 12.5 Å². The van der Waals surface area contributed by atoms with Gasteiger partial charge in [0.25, 0.3) is 5.91 Å². The second-order valence-electron chi connectivity index (χ2n) is 6.94. The van der Waals surface area contributed by atoms with Gasteiger partial charge in [-0.1, -0.05) is 24.3 Å².